The maximum atomic E-state index is 13.5. The number of alkyl halides is 2. The third-order valence-corrected chi connectivity index (χ3v) is 5.69. The van der Waals surface area contributed by atoms with Crippen LogP contribution in [0.5, 0.6) is 11.5 Å². The highest BCUT2D eigenvalue weighted by Crippen LogP contribution is 2.31. The largest absolute Gasteiger partial charge is 0.497 e. The molecule has 0 saturated carbocycles. The van der Waals surface area contributed by atoms with Gasteiger partial charge in [-0.1, -0.05) is 24.3 Å². The summed E-state index contributed by atoms with van der Waals surface area (Å²) in [6.45, 7) is 7.36. The first-order valence-electron chi connectivity index (χ1n) is 11.4. The first-order valence-corrected chi connectivity index (χ1v) is 11.4. The van der Waals surface area contributed by atoms with E-state index in [2.05, 4.69) is 17.0 Å². The number of rotatable bonds is 11. The van der Waals surface area contributed by atoms with Gasteiger partial charge < -0.3 is 14.8 Å². The van der Waals surface area contributed by atoms with E-state index in [1.807, 2.05) is 6.07 Å². The number of aromatic nitrogens is 2. The molecule has 9 heteroatoms. The van der Waals surface area contributed by atoms with Crippen molar-refractivity contribution in [3.63, 3.8) is 0 Å². The molecule has 1 heterocycles. The normalized spacial score (nSPS) is 14.7. The van der Waals surface area contributed by atoms with Crippen LogP contribution in [0.1, 0.15) is 44.9 Å². The predicted octanol–water partition coefficient (Wildman–Crippen LogP) is 6.32. The smallest absolute Gasteiger partial charge is 0.321 e. The molecule has 2 unspecified atom stereocenters. The Balaban J connectivity index is 1.93. The number of halogens is 3. The van der Waals surface area contributed by atoms with E-state index < -0.39 is 24.0 Å². The van der Waals surface area contributed by atoms with Crippen LogP contribution in [0.4, 0.5) is 13.2 Å². The maximum absolute atomic E-state index is 13.5. The van der Waals surface area contributed by atoms with Crippen molar-refractivity contribution < 1.29 is 27.4 Å². The van der Waals surface area contributed by atoms with Crippen LogP contribution in [-0.2, 0) is 4.79 Å². The van der Waals surface area contributed by atoms with E-state index >= 15 is 0 Å². The van der Waals surface area contributed by atoms with Gasteiger partial charge in [-0.05, 0) is 56.2 Å². The van der Waals surface area contributed by atoms with Crippen LogP contribution in [0.2, 0.25) is 0 Å². The van der Waals surface area contributed by atoms with E-state index in [9.17, 15) is 18.0 Å². The zero-order valence-electron chi connectivity index (χ0n) is 20.7. The third kappa shape index (κ3) is 6.47. The standard InChI is InChI=1S/C27H30F3N3O3/c1-6-21(11-10-17(2)28)33-24-13-12-23(15-20(24)16-31-33)36-25(18(3)32-26(34)27(4,29)30)19-8-7-9-22(14-19)35-5/h6-10,12-16,18,21,25H,1,11H2,2-5H3,(H,32,34)/b17-10+/t18?,21?,25-/m0/s1. The van der Waals surface area contributed by atoms with Gasteiger partial charge in [0.25, 0.3) is 5.91 Å². The van der Waals surface area contributed by atoms with Crippen molar-refractivity contribution in [3.05, 3.63) is 78.8 Å². The number of benzene rings is 2. The van der Waals surface area contributed by atoms with E-state index in [-0.39, 0.29) is 11.9 Å². The fourth-order valence-electron chi connectivity index (χ4n) is 3.78. The Morgan fingerprint density at radius 1 is 1.25 bits per heavy atom. The van der Waals surface area contributed by atoms with E-state index in [0.29, 0.717) is 30.4 Å². The van der Waals surface area contributed by atoms with Gasteiger partial charge in [-0.2, -0.15) is 13.9 Å². The Labute approximate surface area is 208 Å². The van der Waals surface area contributed by atoms with Gasteiger partial charge in [-0.15, -0.1) is 6.58 Å². The number of methoxy groups -OCH3 is 1. The van der Waals surface area contributed by atoms with Crippen molar-refractivity contribution in [1.82, 2.24) is 15.1 Å². The van der Waals surface area contributed by atoms with Crippen molar-refractivity contribution in [2.24, 2.45) is 0 Å². The van der Waals surface area contributed by atoms with E-state index in [0.717, 1.165) is 10.9 Å². The second-order valence-electron chi connectivity index (χ2n) is 8.60. The summed E-state index contributed by atoms with van der Waals surface area (Å²) in [4.78, 5) is 12.0. The number of amides is 1. The first-order chi connectivity index (χ1) is 17.0. The number of carbonyl (C=O) groups excluding carboxylic acids is 1. The van der Waals surface area contributed by atoms with Crippen LogP contribution in [0.25, 0.3) is 10.9 Å². The molecule has 0 spiro atoms. The number of hydrogen-bond acceptors (Lipinski definition) is 4. The molecule has 0 aliphatic rings. The van der Waals surface area contributed by atoms with Crippen molar-refractivity contribution >= 4 is 16.8 Å². The lowest BCUT2D eigenvalue weighted by Gasteiger charge is -2.27. The summed E-state index contributed by atoms with van der Waals surface area (Å²) < 4.78 is 53.6. The number of ether oxygens (including phenoxy) is 2. The maximum Gasteiger partial charge on any atom is 0.321 e. The average molecular weight is 502 g/mol. The summed E-state index contributed by atoms with van der Waals surface area (Å²) in [6.07, 6.45) is 4.44. The topological polar surface area (TPSA) is 65.4 Å². The Bertz CT molecular complexity index is 1250. The summed E-state index contributed by atoms with van der Waals surface area (Å²) in [5, 5.41) is 7.54. The lowest BCUT2D eigenvalue weighted by atomic mass is 10.0. The monoisotopic (exact) mass is 501 g/mol. The SMILES string of the molecule is C=CC(C/C=C(\C)F)n1ncc2cc(O[C@H](c3cccc(OC)c3)C(C)NC(=O)C(C)(F)F)ccc21. The lowest BCUT2D eigenvalue weighted by Crippen LogP contribution is -2.46. The summed E-state index contributed by atoms with van der Waals surface area (Å²) in [6, 6.07) is 11.3. The molecule has 3 aromatic rings. The highest BCUT2D eigenvalue weighted by Gasteiger charge is 2.35. The fraction of sp³-hybridized carbons (Fsp3) is 0.333. The Morgan fingerprint density at radius 2 is 2.00 bits per heavy atom. The number of nitrogens with one attached hydrogen (secondary N) is 1. The average Bonchev–Trinajstić information content (AvgIpc) is 3.25. The zero-order valence-corrected chi connectivity index (χ0v) is 20.7. The first kappa shape index (κ1) is 26.8. The Morgan fingerprint density at radius 3 is 2.64 bits per heavy atom. The molecule has 0 fully saturated rings. The molecule has 1 aromatic heterocycles. The summed E-state index contributed by atoms with van der Waals surface area (Å²) in [5.41, 5.74) is 1.43. The molecular weight excluding hydrogens is 471 g/mol. The highest BCUT2D eigenvalue weighted by atomic mass is 19.3. The molecule has 3 atom stereocenters. The number of nitrogens with zero attached hydrogens (tertiary/aromatic N) is 2. The van der Waals surface area contributed by atoms with Gasteiger partial charge in [0.15, 0.2) is 0 Å². The van der Waals surface area contributed by atoms with Gasteiger partial charge in [0, 0.05) is 12.3 Å². The minimum atomic E-state index is -3.53. The number of allylic oxidation sites excluding steroid dienone is 3. The second-order valence-corrected chi connectivity index (χ2v) is 8.60. The number of hydrogen-bond donors (Lipinski definition) is 1. The van der Waals surface area contributed by atoms with E-state index in [1.54, 1.807) is 60.3 Å². The predicted molar refractivity (Wildman–Crippen MR) is 133 cm³/mol. The van der Waals surface area contributed by atoms with Crippen molar-refractivity contribution in [2.45, 2.75) is 51.3 Å². The van der Waals surface area contributed by atoms with Crippen LogP contribution in [0.15, 0.2) is 73.2 Å². The molecule has 6 nitrogen and oxygen atoms in total. The molecule has 0 radical (unpaired) electrons. The van der Waals surface area contributed by atoms with Gasteiger partial charge in [0.2, 0.25) is 0 Å². The molecule has 0 aliphatic heterocycles. The van der Waals surface area contributed by atoms with Gasteiger partial charge in [-0.25, -0.2) is 4.39 Å². The number of fused-ring (bicyclic) bond motifs is 1. The Hall–Kier alpha value is -3.75. The van der Waals surface area contributed by atoms with Crippen molar-refractivity contribution in [1.29, 1.82) is 0 Å². The molecular formula is C27H30F3N3O3. The minimum Gasteiger partial charge on any atom is -0.497 e. The van der Waals surface area contributed by atoms with Crippen LogP contribution in [0.3, 0.4) is 0 Å². The highest BCUT2D eigenvalue weighted by molar-refractivity contribution is 5.83. The van der Waals surface area contributed by atoms with Crippen LogP contribution in [-0.4, -0.2) is 34.8 Å². The summed E-state index contributed by atoms with van der Waals surface area (Å²) >= 11 is 0. The molecule has 0 aliphatic carbocycles. The fourth-order valence-corrected chi connectivity index (χ4v) is 3.78. The van der Waals surface area contributed by atoms with Crippen LogP contribution >= 0.6 is 0 Å². The molecule has 3 rings (SSSR count). The van der Waals surface area contributed by atoms with E-state index in [1.165, 1.54) is 20.1 Å². The minimum absolute atomic E-state index is 0.240. The van der Waals surface area contributed by atoms with Gasteiger partial charge in [-0.3, -0.25) is 9.48 Å². The van der Waals surface area contributed by atoms with Gasteiger partial charge in [0.1, 0.15) is 17.6 Å². The van der Waals surface area contributed by atoms with Crippen LogP contribution in [0, 0.1) is 0 Å². The molecule has 0 saturated heterocycles. The molecule has 1 N–H and O–H groups in total. The molecule has 192 valence electrons. The third-order valence-electron chi connectivity index (χ3n) is 5.69. The van der Waals surface area contributed by atoms with Crippen LogP contribution < -0.4 is 14.8 Å². The van der Waals surface area contributed by atoms with Gasteiger partial charge >= 0.3 is 5.92 Å². The van der Waals surface area contributed by atoms with Crippen molar-refractivity contribution in [2.75, 3.05) is 7.11 Å². The quantitative estimate of drug-likeness (QED) is 0.313. The molecule has 0 bridgehead atoms. The van der Waals surface area contributed by atoms with E-state index in [4.69, 9.17) is 9.47 Å². The summed E-state index contributed by atoms with van der Waals surface area (Å²) in [7, 11) is 1.52. The second kappa shape index (κ2) is 11.3. The van der Waals surface area contributed by atoms with Crippen molar-refractivity contribution in [3.8, 4) is 11.5 Å². The Kier molecular flexibility index (Phi) is 8.45. The molecule has 1 amide bonds. The molecule has 36 heavy (non-hydrogen) atoms. The lowest BCUT2D eigenvalue weighted by molar-refractivity contribution is -0.144. The number of carbonyl (C=O) groups is 1. The summed E-state index contributed by atoms with van der Waals surface area (Å²) in [5.74, 6) is -4.19. The van der Waals surface area contributed by atoms with Gasteiger partial charge in [0.05, 0.1) is 36.7 Å². The zero-order chi connectivity index (χ0) is 26.5. The molecule has 2 aromatic carbocycles.